The van der Waals surface area contributed by atoms with Crippen LogP contribution in [0.5, 0.6) is 0 Å². The molecule has 7 nitrogen and oxygen atoms in total. The van der Waals surface area contributed by atoms with Gasteiger partial charge in [-0.2, -0.15) is 0 Å². The predicted octanol–water partition coefficient (Wildman–Crippen LogP) is 2.38. The quantitative estimate of drug-likeness (QED) is 0.774. The van der Waals surface area contributed by atoms with E-state index in [1.54, 1.807) is 4.90 Å². The van der Waals surface area contributed by atoms with Crippen molar-refractivity contribution in [1.29, 1.82) is 0 Å². The first kappa shape index (κ1) is 21.2. The van der Waals surface area contributed by atoms with E-state index < -0.39 is 0 Å². The van der Waals surface area contributed by atoms with Gasteiger partial charge in [-0.1, -0.05) is 48.5 Å². The molecular formula is C24H30N4O3. The Kier molecular flexibility index (Phi) is 7.04. The number of hydrogen-bond donors (Lipinski definition) is 2. The fourth-order valence-corrected chi connectivity index (χ4v) is 4.18. The molecular weight excluding hydrogens is 392 g/mol. The molecule has 7 heteroatoms. The number of likely N-dealkylation sites (tertiary alicyclic amines) is 1. The van der Waals surface area contributed by atoms with Crippen LogP contribution in [-0.2, 0) is 16.1 Å². The van der Waals surface area contributed by atoms with Crippen molar-refractivity contribution < 1.29 is 14.3 Å². The largest absolute Gasteiger partial charge is 0.445 e. The lowest BCUT2D eigenvalue weighted by Gasteiger charge is -2.38. The number of anilines is 1. The third-order valence-corrected chi connectivity index (χ3v) is 5.94. The molecule has 31 heavy (non-hydrogen) atoms. The first-order valence-corrected chi connectivity index (χ1v) is 11.0. The maximum atomic E-state index is 13.0. The minimum Gasteiger partial charge on any atom is -0.445 e. The number of piperidine rings is 1. The number of rotatable bonds is 5. The molecule has 2 aliphatic heterocycles. The van der Waals surface area contributed by atoms with Crippen molar-refractivity contribution in [3.05, 3.63) is 66.2 Å². The zero-order valence-corrected chi connectivity index (χ0v) is 17.7. The summed E-state index contributed by atoms with van der Waals surface area (Å²) in [7, 11) is 0. The van der Waals surface area contributed by atoms with E-state index in [-0.39, 0.29) is 30.7 Å². The van der Waals surface area contributed by atoms with Crippen LogP contribution < -0.4 is 15.5 Å². The highest BCUT2D eigenvalue weighted by molar-refractivity contribution is 5.86. The molecule has 0 radical (unpaired) electrons. The standard InChI is InChI=1S/C24H30N4O3/c29-23(22-17-25-13-16-28(22)21-9-5-2-6-10-21)26-20-11-14-27(15-12-20)24(30)31-18-19-7-3-1-4-8-19/h1-10,20,22,25H,11-18H2,(H,26,29). The molecule has 2 N–H and O–H groups in total. The Morgan fingerprint density at radius 3 is 2.35 bits per heavy atom. The van der Waals surface area contributed by atoms with Gasteiger partial charge in [-0.05, 0) is 30.5 Å². The Bertz CT molecular complexity index is 854. The van der Waals surface area contributed by atoms with Crippen molar-refractivity contribution in [2.24, 2.45) is 0 Å². The van der Waals surface area contributed by atoms with E-state index in [4.69, 9.17) is 4.74 Å². The van der Waals surface area contributed by atoms with Crippen LogP contribution in [0.4, 0.5) is 10.5 Å². The number of carbonyl (C=O) groups excluding carboxylic acids is 2. The number of amides is 2. The van der Waals surface area contributed by atoms with Crippen LogP contribution in [0.3, 0.4) is 0 Å². The van der Waals surface area contributed by atoms with Crippen molar-refractivity contribution in [3.8, 4) is 0 Å². The summed E-state index contributed by atoms with van der Waals surface area (Å²) in [6.45, 7) is 3.75. The normalized spacial score (nSPS) is 19.7. The lowest BCUT2D eigenvalue weighted by atomic mass is 10.0. The number of benzene rings is 2. The zero-order chi connectivity index (χ0) is 21.5. The van der Waals surface area contributed by atoms with E-state index in [2.05, 4.69) is 15.5 Å². The van der Waals surface area contributed by atoms with Gasteiger partial charge in [-0.3, -0.25) is 4.79 Å². The van der Waals surface area contributed by atoms with E-state index in [1.807, 2.05) is 60.7 Å². The summed E-state index contributed by atoms with van der Waals surface area (Å²) in [6.07, 6.45) is 1.18. The van der Waals surface area contributed by atoms with Crippen molar-refractivity contribution in [1.82, 2.24) is 15.5 Å². The molecule has 2 aromatic carbocycles. The van der Waals surface area contributed by atoms with Crippen LogP contribution in [0, 0.1) is 0 Å². The van der Waals surface area contributed by atoms with E-state index in [1.165, 1.54) is 0 Å². The number of nitrogens with zero attached hydrogens (tertiary/aromatic N) is 2. The fourth-order valence-electron chi connectivity index (χ4n) is 4.18. The highest BCUT2D eigenvalue weighted by Gasteiger charge is 2.31. The number of carbonyl (C=O) groups is 2. The molecule has 164 valence electrons. The molecule has 0 aromatic heterocycles. The molecule has 2 saturated heterocycles. The van der Waals surface area contributed by atoms with Gasteiger partial charge in [0.05, 0.1) is 0 Å². The number of hydrogen-bond acceptors (Lipinski definition) is 5. The molecule has 4 rings (SSSR count). The molecule has 1 unspecified atom stereocenters. The van der Waals surface area contributed by atoms with Gasteiger partial charge in [0.25, 0.3) is 0 Å². The zero-order valence-electron chi connectivity index (χ0n) is 17.7. The van der Waals surface area contributed by atoms with Crippen LogP contribution >= 0.6 is 0 Å². The number of ether oxygens (including phenoxy) is 1. The molecule has 1 atom stereocenters. The summed E-state index contributed by atoms with van der Waals surface area (Å²) in [5.41, 5.74) is 2.04. The van der Waals surface area contributed by atoms with E-state index >= 15 is 0 Å². The monoisotopic (exact) mass is 422 g/mol. The summed E-state index contributed by atoms with van der Waals surface area (Å²) in [5, 5.41) is 6.54. The molecule has 0 spiro atoms. The predicted molar refractivity (Wildman–Crippen MR) is 120 cm³/mol. The summed E-state index contributed by atoms with van der Waals surface area (Å²) >= 11 is 0. The van der Waals surface area contributed by atoms with Gasteiger partial charge in [0.2, 0.25) is 5.91 Å². The second kappa shape index (κ2) is 10.3. The van der Waals surface area contributed by atoms with Crippen LogP contribution in [0.1, 0.15) is 18.4 Å². The van der Waals surface area contributed by atoms with Gasteiger partial charge in [-0.15, -0.1) is 0 Å². The molecule has 0 aliphatic carbocycles. The summed E-state index contributed by atoms with van der Waals surface area (Å²) in [5.74, 6) is 0.0427. The van der Waals surface area contributed by atoms with Crippen LogP contribution in [0.15, 0.2) is 60.7 Å². The smallest absolute Gasteiger partial charge is 0.410 e. The van der Waals surface area contributed by atoms with Gasteiger partial charge in [0, 0.05) is 44.5 Å². The number of para-hydroxylation sites is 1. The second-order valence-corrected chi connectivity index (χ2v) is 8.06. The average Bonchev–Trinajstić information content (AvgIpc) is 2.84. The Labute approximate surface area is 183 Å². The van der Waals surface area contributed by atoms with Crippen molar-refractivity contribution in [2.75, 3.05) is 37.6 Å². The van der Waals surface area contributed by atoms with E-state index in [0.29, 0.717) is 19.6 Å². The average molecular weight is 423 g/mol. The van der Waals surface area contributed by atoms with Gasteiger partial charge in [-0.25, -0.2) is 4.79 Å². The minimum absolute atomic E-state index is 0.0427. The highest BCUT2D eigenvalue weighted by Crippen LogP contribution is 2.19. The Morgan fingerprint density at radius 2 is 1.65 bits per heavy atom. The third kappa shape index (κ3) is 5.55. The van der Waals surface area contributed by atoms with E-state index in [9.17, 15) is 9.59 Å². The van der Waals surface area contributed by atoms with Crippen molar-refractivity contribution in [2.45, 2.75) is 31.5 Å². The lowest BCUT2D eigenvalue weighted by Crippen LogP contribution is -2.60. The first-order valence-electron chi connectivity index (χ1n) is 11.0. The maximum Gasteiger partial charge on any atom is 0.410 e. The number of nitrogens with one attached hydrogen (secondary N) is 2. The van der Waals surface area contributed by atoms with Gasteiger partial charge in [0.15, 0.2) is 0 Å². The number of piperazine rings is 1. The third-order valence-electron chi connectivity index (χ3n) is 5.94. The Balaban J connectivity index is 1.25. The van der Waals surface area contributed by atoms with Crippen LogP contribution in [0.25, 0.3) is 0 Å². The fraction of sp³-hybridized carbons (Fsp3) is 0.417. The van der Waals surface area contributed by atoms with E-state index in [0.717, 1.165) is 37.2 Å². The van der Waals surface area contributed by atoms with Gasteiger partial charge >= 0.3 is 6.09 Å². The maximum absolute atomic E-state index is 13.0. The molecule has 2 fully saturated rings. The van der Waals surface area contributed by atoms with Crippen molar-refractivity contribution >= 4 is 17.7 Å². The molecule has 2 amide bonds. The van der Waals surface area contributed by atoms with Gasteiger partial charge < -0.3 is 25.2 Å². The van der Waals surface area contributed by atoms with Gasteiger partial charge in [0.1, 0.15) is 12.6 Å². The summed E-state index contributed by atoms with van der Waals surface area (Å²) < 4.78 is 5.43. The first-order chi connectivity index (χ1) is 15.2. The molecule has 0 saturated carbocycles. The lowest BCUT2D eigenvalue weighted by molar-refractivity contribution is -0.123. The van der Waals surface area contributed by atoms with Crippen LogP contribution in [-0.4, -0.2) is 61.7 Å². The van der Waals surface area contributed by atoms with Crippen LogP contribution in [0.2, 0.25) is 0 Å². The summed E-state index contributed by atoms with van der Waals surface area (Å²) in [4.78, 5) is 29.3. The molecule has 2 aliphatic rings. The Hall–Kier alpha value is -3.06. The summed E-state index contributed by atoms with van der Waals surface area (Å²) in [6, 6.07) is 19.6. The molecule has 2 aromatic rings. The molecule has 2 heterocycles. The second-order valence-electron chi connectivity index (χ2n) is 8.06. The minimum atomic E-state index is -0.291. The Morgan fingerprint density at radius 1 is 0.968 bits per heavy atom. The highest BCUT2D eigenvalue weighted by atomic mass is 16.6. The SMILES string of the molecule is O=C(NC1CCN(C(=O)OCc2ccccc2)CC1)C1CNCCN1c1ccccc1. The topological polar surface area (TPSA) is 73.9 Å². The molecule has 0 bridgehead atoms. The van der Waals surface area contributed by atoms with Crippen molar-refractivity contribution in [3.63, 3.8) is 0 Å².